The molecule has 3 nitrogen and oxygen atoms in total. The third kappa shape index (κ3) is 5.09. The van der Waals surface area contributed by atoms with Crippen molar-refractivity contribution in [3.63, 3.8) is 0 Å². The van der Waals surface area contributed by atoms with Gasteiger partial charge in [0.1, 0.15) is 11.6 Å². The Hall–Kier alpha value is -2.36. The Morgan fingerprint density at radius 2 is 2.00 bits per heavy atom. The fraction of sp³-hybridized carbons (Fsp3) is 0.316. The van der Waals surface area contributed by atoms with Gasteiger partial charge in [0.15, 0.2) is 6.61 Å². The molecule has 0 saturated heterocycles. The Morgan fingerprint density at radius 3 is 2.70 bits per heavy atom. The molecule has 0 atom stereocenters. The second-order valence-electron chi connectivity index (χ2n) is 5.88. The molecule has 0 heterocycles. The van der Waals surface area contributed by atoms with Crippen molar-refractivity contribution in [2.75, 3.05) is 6.61 Å². The first-order valence-corrected chi connectivity index (χ1v) is 7.70. The molecular weight excluding hydrogens is 293 g/mol. The van der Waals surface area contributed by atoms with E-state index in [0.29, 0.717) is 17.2 Å². The third-order valence-corrected chi connectivity index (χ3v) is 3.62. The quantitative estimate of drug-likeness (QED) is 0.876. The predicted molar refractivity (Wildman–Crippen MR) is 89.0 cm³/mol. The molecule has 0 aromatic heterocycles. The number of halogens is 1. The van der Waals surface area contributed by atoms with Crippen molar-refractivity contribution in [1.29, 1.82) is 0 Å². The average Bonchev–Trinajstić information content (AvgIpc) is 2.54. The molecule has 0 radical (unpaired) electrons. The summed E-state index contributed by atoms with van der Waals surface area (Å²) < 4.78 is 18.9. The maximum absolute atomic E-state index is 13.4. The topological polar surface area (TPSA) is 38.3 Å². The molecular formula is C19H22FNO2. The standard InChI is InChI=1S/C19H22FNO2/c1-13(2)16-5-4-6-17(10-16)23-12-19(22)21-11-15-8-7-14(3)18(20)9-15/h4-10,13H,11-12H2,1-3H3,(H,21,22). The van der Waals surface area contributed by atoms with Gasteiger partial charge in [0, 0.05) is 6.54 Å². The first-order valence-electron chi connectivity index (χ1n) is 7.70. The number of carbonyl (C=O) groups excluding carboxylic acids is 1. The number of hydrogen-bond acceptors (Lipinski definition) is 2. The van der Waals surface area contributed by atoms with E-state index in [2.05, 4.69) is 19.2 Å². The molecule has 122 valence electrons. The molecule has 0 aliphatic carbocycles. The van der Waals surface area contributed by atoms with E-state index in [1.54, 1.807) is 19.1 Å². The van der Waals surface area contributed by atoms with Crippen LogP contribution in [-0.4, -0.2) is 12.5 Å². The Kier molecular flexibility index (Phi) is 5.74. The van der Waals surface area contributed by atoms with Gasteiger partial charge in [-0.1, -0.05) is 38.1 Å². The first kappa shape index (κ1) is 17.0. The minimum atomic E-state index is -0.265. The summed E-state index contributed by atoms with van der Waals surface area (Å²) in [7, 11) is 0. The van der Waals surface area contributed by atoms with Crippen LogP contribution in [0.15, 0.2) is 42.5 Å². The van der Waals surface area contributed by atoms with Gasteiger partial charge < -0.3 is 10.1 Å². The third-order valence-electron chi connectivity index (χ3n) is 3.62. The SMILES string of the molecule is Cc1ccc(CNC(=O)COc2cccc(C(C)C)c2)cc1F. The fourth-order valence-corrected chi connectivity index (χ4v) is 2.11. The molecule has 0 fully saturated rings. The van der Waals surface area contributed by atoms with Gasteiger partial charge in [0.25, 0.3) is 5.91 Å². The van der Waals surface area contributed by atoms with E-state index in [1.165, 1.54) is 6.07 Å². The van der Waals surface area contributed by atoms with Crippen LogP contribution >= 0.6 is 0 Å². The van der Waals surface area contributed by atoms with Crippen molar-refractivity contribution in [1.82, 2.24) is 5.32 Å². The Morgan fingerprint density at radius 1 is 1.22 bits per heavy atom. The van der Waals surface area contributed by atoms with Crippen LogP contribution in [-0.2, 0) is 11.3 Å². The Balaban J connectivity index is 1.83. The zero-order valence-electron chi connectivity index (χ0n) is 13.7. The number of nitrogens with one attached hydrogen (secondary N) is 1. The molecule has 4 heteroatoms. The fourth-order valence-electron chi connectivity index (χ4n) is 2.11. The lowest BCUT2D eigenvalue weighted by Gasteiger charge is -2.10. The summed E-state index contributed by atoms with van der Waals surface area (Å²) in [5, 5.41) is 2.72. The summed E-state index contributed by atoms with van der Waals surface area (Å²) >= 11 is 0. The Labute approximate surface area is 136 Å². The maximum atomic E-state index is 13.4. The molecule has 2 aromatic rings. The van der Waals surface area contributed by atoms with Crippen LogP contribution < -0.4 is 10.1 Å². The highest BCUT2D eigenvalue weighted by Crippen LogP contribution is 2.20. The summed E-state index contributed by atoms with van der Waals surface area (Å²) in [6, 6.07) is 12.6. The summed E-state index contributed by atoms with van der Waals surface area (Å²) in [6.07, 6.45) is 0. The van der Waals surface area contributed by atoms with Gasteiger partial charge in [0.2, 0.25) is 0 Å². The molecule has 1 N–H and O–H groups in total. The minimum absolute atomic E-state index is 0.0596. The van der Waals surface area contributed by atoms with Gasteiger partial charge in [-0.25, -0.2) is 4.39 Å². The van der Waals surface area contributed by atoms with Gasteiger partial charge in [-0.05, 0) is 47.7 Å². The molecule has 0 aliphatic rings. The van der Waals surface area contributed by atoms with Gasteiger partial charge >= 0.3 is 0 Å². The number of hydrogen-bond donors (Lipinski definition) is 1. The lowest BCUT2D eigenvalue weighted by atomic mass is 10.0. The van der Waals surface area contributed by atoms with E-state index in [1.807, 2.05) is 24.3 Å². The van der Waals surface area contributed by atoms with Gasteiger partial charge in [-0.3, -0.25) is 4.79 Å². The molecule has 0 aliphatic heterocycles. The first-order chi connectivity index (χ1) is 11.0. The van der Waals surface area contributed by atoms with Crippen LogP contribution in [0.5, 0.6) is 5.75 Å². The summed E-state index contributed by atoms with van der Waals surface area (Å²) in [5.41, 5.74) is 2.48. The largest absolute Gasteiger partial charge is 0.484 e. The molecule has 0 unspecified atom stereocenters. The molecule has 2 aromatic carbocycles. The van der Waals surface area contributed by atoms with Crippen molar-refractivity contribution >= 4 is 5.91 Å². The van der Waals surface area contributed by atoms with Crippen molar-refractivity contribution in [3.05, 3.63) is 65.0 Å². The molecule has 23 heavy (non-hydrogen) atoms. The van der Waals surface area contributed by atoms with Crippen LogP contribution in [0.2, 0.25) is 0 Å². The number of amides is 1. The Bertz CT molecular complexity index is 683. The van der Waals surface area contributed by atoms with Crippen LogP contribution in [0.4, 0.5) is 4.39 Å². The minimum Gasteiger partial charge on any atom is -0.484 e. The number of carbonyl (C=O) groups is 1. The zero-order chi connectivity index (χ0) is 16.8. The molecule has 0 spiro atoms. The van der Waals surface area contributed by atoms with Crippen molar-refractivity contribution in [2.45, 2.75) is 33.2 Å². The number of benzene rings is 2. The predicted octanol–water partition coefficient (Wildman–Crippen LogP) is 3.95. The van der Waals surface area contributed by atoms with Crippen LogP contribution in [0.1, 0.15) is 36.5 Å². The maximum Gasteiger partial charge on any atom is 0.258 e. The highest BCUT2D eigenvalue weighted by Gasteiger charge is 2.06. The second-order valence-corrected chi connectivity index (χ2v) is 5.88. The summed E-state index contributed by atoms with van der Waals surface area (Å²) in [4.78, 5) is 11.8. The normalized spacial score (nSPS) is 10.7. The van der Waals surface area contributed by atoms with Gasteiger partial charge in [0.05, 0.1) is 0 Å². The number of rotatable bonds is 6. The van der Waals surface area contributed by atoms with E-state index < -0.39 is 0 Å². The van der Waals surface area contributed by atoms with Crippen LogP contribution in [0.25, 0.3) is 0 Å². The van der Waals surface area contributed by atoms with E-state index in [9.17, 15) is 9.18 Å². The monoisotopic (exact) mass is 315 g/mol. The highest BCUT2D eigenvalue weighted by atomic mass is 19.1. The van der Waals surface area contributed by atoms with Crippen molar-refractivity contribution < 1.29 is 13.9 Å². The van der Waals surface area contributed by atoms with E-state index in [0.717, 1.165) is 11.1 Å². The van der Waals surface area contributed by atoms with E-state index in [-0.39, 0.29) is 24.9 Å². The zero-order valence-corrected chi connectivity index (χ0v) is 13.7. The summed E-state index contributed by atoms with van der Waals surface area (Å²) in [5.74, 6) is 0.580. The van der Waals surface area contributed by atoms with E-state index in [4.69, 9.17) is 4.74 Å². The number of aryl methyl sites for hydroxylation is 1. The lowest BCUT2D eigenvalue weighted by Crippen LogP contribution is -2.28. The molecule has 0 saturated carbocycles. The molecule has 2 rings (SSSR count). The number of ether oxygens (including phenoxy) is 1. The van der Waals surface area contributed by atoms with E-state index >= 15 is 0 Å². The van der Waals surface area contributed by atoms with Gasteiger partial charge in [-0.15, -0.1) is 0 Å². The highest BCUT2D eigenvalue weighted by molar-refractivity contribution is 5.77. The van der Waals surface area contributed by atoms with Crippen LogP contribution in [0.3, 0.4) is 0 Å². The van der Waals surface area contributed by atoms with Gasteiger partial charge in [-0.2, -0.15) is 0 Å². The smallest absolute Gasteiger partial charge is 0.258 e. The van der Waals surface area contributed by atoms with Crippen LogP contribution in [0, 0.1) is 12.7 Å². The average molecular weight is 315 g/mol. The molecule has 0 bridgehead atoms. The van der Waals surface area contributed by atoms with Crippen molar-refractivity contribution in [2.24, 2.45) is 0 Å². The molecule has 1 amide bonds. The lowest BCUT2D eigenvalue weighted by molar-refractivity contribution is -0.123. The van der Waals surface area contributed by atoms with Crippen molar-refractivity contribution in [3.8, 4) is 5.75 Å². The summed E-state index contributed by atoms with van der Waals surface area (Å²) in [6.45, 7) is 6.14. The second kappa shape index (κ2) is 7.77.